The first kappa shape index (κ1) is 20.8. The summed E-state index contributed by atoms with van der Waals surface area (Å²) in [6, 6.07) is 5.28. The topological polar surface area (TPSA) is 106 Å². The second kappa shape index (κ2) is 9.96. The van der Waals surface area contributed by atoms with Crippen LogP contribution in [0.1, 0.15) is 32.1 Å². The predicted molar refractivity (Wildman–Crippen MR) is 104 cm³/mol. The second-order valence-corrected chi connectivity index (χ2v) is 7.51. The Morgan fingerprint density at radius 3 is 2.78 bits per heavy atom. The van der Waals surface area contributed by atoms with Gasteiger partial charge in [0.25, 0.3) is 0 Å². The number of hydrogen-bond acceptors (Lipinski definition) is 7. The van der Waals surface area contributed by atoms with Gasteiger partial charge in [-0.3, -0.25) is 9.59 Å². The number of rotatable bonds is 9. The van der Waals surface area contributed by atoms with Crippen LogP contribution in [0.5, 0.6) is 5.88 Å². The van der Waals surface area contributed by atoms with Gasteiger partial charge in [-0.05, 0) is 33.8 Å². The van der Waals surface area contributed by atoms with E-state index in [1.807, 2.05) is 19.9 Å². The maximum absolute atomic E-state index is 12.1. The summed E-state index contributed by atoms with van der Waals surface area (Å²) in [7, 11) is 0. The van der Waals surface area contributed by atoms with Crippen molar-refractivity contribution < 1.29 is 18.8 Å². The summed E-state index contributed by atoms with van der Waals surface area (Å²) < 4.78 is 10.5. The lowest BCUT2D eigenvalue weighted by atomic mass is 10.2. The number of hydrogen-bond donors (Lipinski definition) is 2. The van der Waals surface area contributed by atoms with Crippen LogP contribution in [0.3, 0.4) is 0 Å². The average molecular weight is 392 g/mol. The first-order valence-corrected chi connectivity index (χ1v) is 9.63. The van der Waals surface area contributed by atoms with E-state index in [1.165, 1.54) is 11.8 Å². The van der Waals surface area contributed by atoms with E-state index >= 15 is 0 Å². The van der Waals surface area contributed by atoms with Gasteiger partial charge in [-0.2, -0.15) is 0 Å². The molecule has 1 unspecified atom stereocenters. The molecule has 8 nitrogen and oxygen atoms in total. The molecular weight excluding hydrogens is 368 g/mol. The molecule has 2 aromatic rings. The van der Waals surface area contributed by atoms with Crippen molar-refractivity contribution >= 4 is 29.4 Å². The van der Waals surface area contributed by atoms with E-state index in [-0.39, 0.29) is 23.7 Å². The highest BCUT2D eigenvalue weighted by atomic mass is 32.2. The van der Waals surface area contributed by atoms with Crippen molar-refractivity contribution in [2.45, 2.75) is 45.6 Å². The highest BCUT2D eigenvalue weighted by Crippen LogP contribution is 2.17. The van der Waals surface area contributed by atoms with E-state index in [0.717, 1.165) is 5.56 Å². The van der Waals surface area contributed by atoms with Gasteiger partial charge in [-0.1, -0.05) is 11.2 Å². The van der Waals surface area contributed by atoms with E-state index < -0.39 is 5.25 Å². The van der Waals surface area contributed by atoms with Crippen LogP contribution in [0.2, 0.25) is 0 Å². The van der Waals surface area contributed by atoms with Crippen molar-refractivity contribution in [2.75, 3.05) is 11.1 Å². The van der Waals surface area contributed by atoms with Crippen LogP contribution in [0.25, 0.3) is 0 Å². The van der Waals surface area contributed by atoms with Crippen LogP contribution in [0.15, 0.2) is 28.9 Å². The molecule has 2 heterocycles. The minimum absolute atomic E-state index is 0.00206. The minimum atomic E-state index is -0.411. The Morgan fingerprint density at radius 1 is 1.33 bits per heavy atom. The van der Waals surface area contributed by atoms with Gasteiger partial charge < -0.3 is 19.9 Å². The summed E-state index contributed by atoms with van der Waals surface area (Å²) in [6.07, 6.45) is 1.65. The molecule has 0 aliphatic carbocycles. The van der Waals surface area contributed by atoms with Crippen LogP contribution in [-0.4, -0.2) is 39.1 Å². The predicted octanol–water partition coefficient (Wildman–Crippen LogP) is 2.54. The lowest BCUT2D eigenvalue weighted by Crippen LogP contribution is -2.28. The molecule has 0 aromatic carbocycles. The smallest absolute Gasteiger partial charge is 0.238 e. The summed E-state index contributed by atoms with van der Waals surface area (Å²) in [4.78, 5) is 28.4. The fourth-order valence-corrected chi connectivity index (χ4v) is 2.78. The van der Waals surface area contributed by atoms with Crippen molar-refractivity contribution in [1.29, 1.82) is 0 Å². The largest absolute Gasteiger partial charge is 0.475 e. The number of anilines is 1. The number of aryl methyl sites for hydroxylation is 1. The molecule has 2 amide bonds. The lowest BCUT2D eigenvalue weighted by molar-refractivity contribution is -0.118. The van der Waals surface area contributed by atoms with Crippen molar-refractivity contribution in [3.63, 3.8) is 0 Å². The molecule has 0 aliphatic rings. The average Bonchev–Trinajstić information content (AvgIpc) is 3.03. The summed E-state index contributed by atoms with van der Waals surface area (Å²) in [5.74, 6) is 1.24. The van der Waals surface area contributed by atoms with Crippen molar-refractivity contribution in [3.05, 3.63) is 35.7 Å². The number of nitrogens with zero attached hydrogens (tertiary/aromatic N) is 2. The third-order valence-electron chi connectivity index (χ3n) is 3.39. The minimum Gasteiger partial charge on any atom is -0.475 e. The highest BCUT2D eigenvalue weighted by Gasteiger charge is 2.17. The van der Waals surface area contributed by atoms with Crippen molar-refractivity contribution in [1.82, 2.24) is 15.5 Å². The van der Waals surface area contributed by atoms with E-state index in [1.54, 1.807) is 32.2 Å². The van der Waals surface area contributed by atoms with Gasteiger partial charge in [0.2, 0.25) is 17.7 Å². The molecule has 27 heavy (non-hydrogen) atoms. The lowest BCUT2D eigenvalue weighted by Gasteiger charge is -2.14. The standard InChI is InChI=1S/C18H24N4O4S/c1-11(2)25-18-14(6-5-7-19-18)9-20-16(23)10-27-13(4)17(24)21-15-8-12(3)26-22-15/h5-8,11,13H,9-10H2,1-4H3,(H,20,23)(H,21,22,24). The third kappa shape index (κ3) is 6.93. The van der Waals surface area contributed by atoms with Crippen LogP contribution < -0.4 is 15.4 Å². The molecule has 1 atom stereocenters. The monoisotopic (exact) mass is 392 g/mol. The summed E-state index contributed by atoms with van der Waals surface area (Å²) in [5.41, 5.74) is 0.803. The van der Waals surface area contributed by atoms with Crippen LogP contribution in [-0.2, 0) is 16.1 Å². The zero-order chi connectivity index (χ0) is 19.8. The van der Waals surface area contributed by atoms with Gasteiger partial charge in [0, 0.05) is 24.4 Å². The number of aromatic nitrogens is 2. The Labute approximate surface area is 162 Å². The number of ether oxygens (including phenoxy) is 1. The van der Waals surface area contributed by atoms with E-state index in [9.17, 15) is 9.59 Å². The van der Waals surface area contributed by atoms with E-state index in [2.05, 4.69) is 20.8 Å². The molecule has 0 spiro atoms. The number of pyridine rings is 1. The van der Waals surface area contributed by atoms with Gasteiger partial charge >= 0.3 is 0 Å². The van der Waals surface area contributed by atoms with Gasteiger partial charge in [-0.15, -0.1) is 11.8 Å². The molecule has 9 heteroatoms. The number of thioether (sulfide) groups is 1. The molecule has 0 saturated heterocycles. The fraction of sp³-hybridized carbons (Fsp3) is 0.444. The SMILES string of the molecule is Cc1cc(NC(=O)C(C)SCC(=O)NCc2cccnc2OC(C)C)no1. The van der Waals surface area contributed by atoms with Crippen LogP contribution in [0.4, 0.5) is 5.82 Å². The number of carbonyl (C=O) groups excluding carboxylic acids is 2. The molecule has 0 saturated carbocycles. The summed E-state index contributed by atoms with van der Waals surface area (Å²) in [6.45, 7) is 7.62. The second-order valence-electron chi connectivity index (χ2n) is 6.18. The van der Waals surface area contributed by atoms with E-state index in [0.29, 0.717) is 24.0 Å². The Morgan fingerprint density at radius 2 is 2.11 bits per heavy atom. The van der Waals surface area contributed by atoms with Crippen LogP contribution >= 0.6 is 11.8 Å². The van der Waals surface area contributed by atoms with E-state index in [4.69, 9.17) is 9.26 Å². The number of carbonyl (C=O) groups is 2. The molecular formula is C18H24N4O4S. The van der Waals surface area contributed by atoms with Crippen LogP contribution in [0, 0.1) is 6.92 Å². The maximum Gasteiger partial charge on any atom is 0.238 e. The fourth-order valence-electron chi connectivity index (χ4n) is 2.06. The van der Waals surface area contributed by atoms with Gasteiger partial charge in [0.1, 0.15) is 5.76 Å². The van der Waals surface area contributed by atoms with Gasteiger partial charge in [-0.25, -0.2) is 4.98 Å². The highest BCUT2D eigenvalue weighted by molar-refractivity contribution is 8.01. The zero-order valence-corrected chi connectivity index (χ0v) is 16.6. The Balaban J connectivity index is 1.76. The Hall–Kier alpha value is -2.55. The normalized spacial score (nSPS) is 11.9. The Kier molecular flexibility index (Phi) is 7.66. The summed E-state index contributed by atoms with van der Waals surface area (Å²) in [5, 5.41) is 8.77. The third-order valence-corrected chi connectivity index (χ3v) is 4.53. The molecule has 2 N–H and O–H groups in total. The molecule has 146 valence electrons. The summed E-state index contributed by atoms with van der Waals surface area (Å²) >= 11 is 1.24. The maximum atomic E-state index is 12.1. The van der Waals surface area contributed by atoms with Crippen molar-refractivity contribution in [2.24, 2.45) is 0 Å². The number of amides is 2. The van der Waals surface area contributed by atoms with Crippen molar-refractivity contribution in [3.8, 4) is 5.88 Å². The van der Waals surface area contributed by atoms with Gasteiger partial charge in [0.15, 0.2) is 5.82 Å². The first-order valence-electron chi connectivity index (χ1n) is 8.58. The Bertz CT molecular complexity index is 778. The number of nitrogens with one attached hydrogen (secondary N) is 2. The zero-order valence-electron chi connectivity index (χ0n) is 15.8. The molecule has 0 aliphatic heterocycles. The molecule has 2 aromatic heterocycles. The van der Waals surface area contributed by atoms with Gasteiger partial charge in [0.05, 0.1) is 17.1 Å². The molecule has 2 rings (SSSR count). The quantitative estimate of drug-likeness (QED) is 0.675. The molecule has 0 fully saturated rings. The molecule has 0 bridgehead atoms. The molecule has 0 radical (unpaired) electrons. The first-order chi connectivity index (χ1) is 12.8.